The quantitative estimate of drug-likeness (QED) is 0.473. The third-order valence-corrected chi connectivity index (χ3v) is 9.18. The molecule has 3 aromatic rings. The van der Waals surface area contributed by atoms with E-state index < -0.39 is 10.0 Å². The van der Waals surface area contributed by atoms with E-state index in [1.54, 1.807) is 43.3 Å². The molecular weight excluding hydrogens is 528 g/mol. The SMILES string of the molecule is Cc1cc(S(=O)(=O)N2CCCc3ccccc32)ccc1OCC(=O)Nc1ccc(C(=O)N2CCN(C)CC2)cc1. The van der Waals surface area contributed by atoms with Gasteiger partial charge in [-0.25, -0.2) is 8.42 Å². The Morgan fingerprint density at radius 3 is 2.38 bits per heavy atom. The van der Waals surface area contributed by atoms with Crippen LogP contribution in [-0.2, 0) is 21.2 Å². The van der Waals surface area contributed by atoms with Crippen LogP contribution < -0.4 is 14.4 Å². The number of hydrogen-bond acceptors (Lipinski definition) is 6. The summed E-state index contributed by atoms with van der Waals surface area (Å²) in [6.07, 6.45) is 1.62. The van der Waals surface area contributed by atoms with E-state index in [0.29, 0.717) is 42.2 Å². The van der Waals surface area contributed by atoms with Gasteiger partial charge in [-0.05, 0) is 86.5 Å². The summed E-state index contributed by atoms with van der Waals surface area (Å²) in [5.74, 6) is 0.0557. The average Bonchev–Trinajstić information content (AvgIpc) is 2.96. The molecule has 1 saturated heterocycles. The van der Waals surface area contributed by atoms with Crippen LogP contribution in [0.25, 0.3) is 0 Å². The van der Waals surface area contributed by atoms with Crippen LogP contribution in [0.2, 0.25) is 0 Å². The first kappa shape index (κ1) is 27.7. The molecule has 1 fully saturated rings. The van der Waals surface area contributed by atoms with Crippen LogP contribution in [0, 0.1) is 6.92 Å². The van der Waals surface area contributed by atoms with Gasteiger partial charge in [-0.2, -0.15) is 0 Å². The van der Waals surface area contributed by atoms with Crippen LogP contribution in [0.5, 0.6) is 5.75 Å². The molecule has 0 radical (unpaired) electrons. The first-order chi connectivity index (χ1) is 19.2. The van der Waals surface area contributed by atoms with Gasteiger partial charge in [0.25, 0.3) is 21.8 Å². The van der Waals surface area contributed by atoms with Crippen LogP contribution in [0.15, 0.2) is 71.6 Å². The highest BCUT2D eigenvalue weighted by Crippen LogP contribution is 2.33. The molecule has 0 aromatic heterocycles. The minimum absolute atomic E-state index is 0.0141. The van der Waals surface area contributed by atoms with Crippen LogP contribution in [0.1, 0.15) is 27.9 Å². The van der Waals surface area contributed by atoms with Crippen molar-refractivity contribution >= 4 is 33.2 Å². The van der Waals surface area contributed by atoms with E-state index in [4.69, 9.17) is 4.74 Å². The number of anilines is 2. The van der Waals surface area contributed by atoms with Crippen LogP contribution >= 0.6 is 0 Å². The predicted molar refractivity (Wildman–Crippen MR) is 154 cm³/mol. The van der Waals surface area contributed by atoms with Gasteiger partial charge >= 0.3 is 0 Å². The van der Waals surface area contributed by atoms with Gasteiger partial charge in [-0.3, -0.25) is 13.9 Å². The number of ether oxygens (including phenoxy) is 1. The zero-order valence-corrected chi connectivity index (χ0v) is 23.6. The molecule has 0 bridgehead atoms. The van der Waals surface area contributed by atoms with Gasteiger partial charge in [-0.1, -0.05) is 18.2 Å². The number of hydrogen-bond donors (Lipinski definition) is 1. The molecule has 10 heteroatoms. The molecule has 0 atom stereocenters. The summed E-state index contributed by atoms with van der Waals surface area (Å²) in [7, 11) is -1.70. The lowest BCUT2D eigenvalue weighted by Gasteiger charge is -2.32. The topological polar surface area (TPSA) is 99.3 Å². The number of likely N-dealkylation sites (N-methyl/N-ethyl adjacent to an activating group) is 1. The number of para-hydroxylation sites is 1. The van der Waals surface area contributed by atoms with Crippen molar-refractivity contribution in [1.29, 1.82) is 0 Å². The van der Waals surface area contributed by atoms with E-state index in [-0.39, 0.29) is 23.3 Å². The number of benzene rings is 3. The Labute approximate surface area is 235 Å². The maximum atomic E-state index is 13.4. The number of nitrogens with zero attached hydrogens (tertiary/aromatic N) is 3. The van der Waals surface area contributed by atoms with E-state index in [9.17, 15) is 18.0 Å². The molecule has 0 unspecified atom stereocenters. The van der Waals surface area contributed by atoms with Gasteiger partial charge in [0.2, 0.25) is 0 Å². The van der Waals surface area contributed by atoms with Gasteiger partial charge in [0.15, 0.2) is 6.61 Å². The highest BCUT2D eigenvalue weighted by atomic mass is 32.2. The molecular formula is C30H34N4O5S. The summed E-state index contributed by atoms with van der Waals surface area (Å²) in [5.41, 5.74) is 3.50. The highest BCUT2D eigenvalue weighted by molar-refractivity contribution is 7.92. The van der Waals surface area contributed by atoms with Gasteiger partial charge < -0.3 is 19.9 Å². The van der Waals surface area contributed by atoms with Gasteiger partial charge in [0.1, 0.15) is 5.75 Å². The second kappa shape index (κ2) is 11.7. The number of aryl methyl sites for hydroxylation is 2. The molecule has 2 aliphatic heterocycles. The molecule has 210 valence electrons. The fourth-order valence-electron chi connectivity index (χ4n) is 5.05. The molecule has 5 rings (SSSR count). The zero-order chi connectivity index (χ0) is 28.3. The lowest BCUT2D eigenvalue weighted by molar-refractivity contribution is -0.118. The molecule has 0 saturated carbocycles. The monoisotopic (exact) mass is 562 g/mol. The number of amides is 2. The first-order valence-corrected chi connectivity index (χ1v) is 14.9. The van der Waals surface area contributed by atoms with Crippen molar-refractivity contribution < 1.29 is 22.7 Å². The van der Waals surface area contributed by atoms with Crippen molar-refractivity contribution in [2.75, 3.05) is 56.0 Å². The third kappa shape index (κ3) is 5.97. The summed E-state index contributed by atoms with van der Waals surface area (Å²) in [6.45, 7) is 5.05. The molecule has 40 heavy (non-hydrogen) atoms. The van der Waals surface area contributed by atoms with Gasteiger partial charge in [0, 0.05) is 44.0 Å². The van der Waals surface area contributed by atoms with Gasteiger partial charge in [-0.15, -0.1) is 0 Å². The third-order valence-electron chi connectivity index (χ3n) is 7.37. The number of rotatable bonds is 7. The molecule has 0 aliphatic carbocycles. The van der Waals surface area contributed by atoms with E-state index >= 15 is 0 Å². The maximum absolute atomic E-state index is 13.4. The summed E-state index contributed by atoms with van der Waals surface area (Å²) >= 11 is 0. The summed E-state index contributed by atoms with van der Waals surface area (Å²) in [6, 6.07) is 19.1. The maximum Gasteiger partial charge on any atom is 0.264 e. The Bertz CT molecular complexity index is 1500. The van der Waals surface area contributed by atoms with E-state index in [1.165, 1.54) is 10.4 Å². The summed E-state index contributed by atoms with van der Waals surface area (Å²) in [4.78, 5) is 29.5. The van der Waals surface area contributed by atoms with Crippen molar-refractivity contribution in [3.63, 3.8) is 0 Å². The Balaban J connectivity index is 1.18. The number of sulfonamides is 1. The normalized spacial score (nSPS) is 15.8. The Kier molecular flexibility index (Phi) is 8.09. The number of piperazine rings is 1. The zero-order valence-electron chi connectivity index (χ0n) is 22.8. The number of nitrogens with one attached hydrogen (secondary N) is 1. The Hall–Kier alpha value is -3.89. The first-order valence-electron chi connectivity index (χ1n) is 13.4. The Morgan fingerprint density at radius 1 is 0.925 bits per heavy atom. The molecule has 1 N–H and O–H groups in total. The van der Waals surface area contributed by atoms with E-state index in [2.05, 4.69) is 10.2 Å². The van der Waals surface area contributed by atoms with Crippen LogP contribution in [-0.4, -0.2) is 76.4 Å². The molecule has 2 heterocycles. The molecule has 2 aliphatic rings. The lowest BCUT2D eigenvalue weighted by Crippen LogP contribution is -2.47. The van der Waals surface area contributed by atoms with Crippen molar-refractivity contribution in [2.24, 2.45) is 0 Å². The summed E-state index contributed by atoms with van der Waals surface area (Å²) < 4.78 is 34.1. The smallest absolute Gasteiger partial charge is 0.264 e. The van der Waals surface area contributed by atoms with Crippen molar-refractivity contribution in [3.8, 4) is 5.75 Å². The average molecular weight is 563 g/mol. The second-order valence-electron chi connectivity index (χ2n) is 10.2. The van der Waals surface area contributed by atoms with Crippen LogP contribution in [0.4, 0.5) is 11.4 Å². The van der Waals surface area contributed by atoms with Crippen molar-refractivity contribution in [3.05, 3.63) is 83.4 Å². The standard InChI is InChI=1S/C30H34N4O5S/c1-22-20-26(40(37,38)34-15-5-7-23-6-3-4-8-27(23)34)13-14-28(22)39-21-29(35)31-25-11-9-24(10-12-25)30(36)33-18-16-32(2)17-19-33/h3-4,6,8-14,20H,5,7,15-19,21H2,1-2H3,(H,31,35). The number of carbonyl (C=O) groups is 2. The fraction of sp³-hybridized carbons (Fsp3) is 0.333. The second-order valence-corrected chi connectivity index (χ2v) is 12.1. The minimum atomic E-state index is -3.74. The largest absolute Gasteiger partial charge is 0.483 e. The van der Waals surface area contributed by atoms with E-state index in [0.717, 1.165) is 37.2 Å². The van der Waals surface area contributed by atoms with E-state index in [1.807, 2.05) is 36.2 Å². The number of carbonyl (C=O) groups excluding carboxylic acids is 2. The minimum Gasteiger partial charge on any atom is -0.483 e. The molecule has 9 nitrogen and oxygen atoms in total. The predicted octanol–water partition coefficient (Wildman–Crippen LogP) is 3.54. The molecule has 2 amide bonds. The lowest BCUT2D eigenvalue weighted by atomic mass is 10.0. The number of fused-ring (bicyclic) bond motifs is 1. The van der Waals surface area contributed by atoms with Crippen molar-refractivity contribution in [1.82, 2.24) is 9.80 Å². The van der Waals surface area contributed by atoms with Crippen molar-refractivity contribution in [2.45, 2.75) is 24.7 Å². The highest BCUT2D eigenvalue weighted by Gasteiger charge is 2.29. The van der Waals surface area contributed by atoms with Gasteiger partial charge in [0.05, 0.1) is 10.6 Å². The fourth-order valence-corrected chi connectivity index (χ4v) is 6.68. The molecule has 0 spiro atoms. The summed E-state index contributed by atoms with van der Waals surface area (Å²) in [5, 5.41) is 2.77. The van der Waals surface area contributed by atoms with Crippen LogP contribution in [0.3, 0.4) is 0 Å². The Morgan fingerprint density at radius 2 is 1.65 bits per heavy atom. The molecule has 3 aromatic carbocycles.